The van der Waals surface area contributed by atoms with Crippen LogP contribution in [0.4, 0.5) is 4.79 Å². The molecule has 94 valence electrons. The van der Waals surface area contributed by atoms with Crippen LogP contribution in [0.2, 0.25) is 0 Å². The lowest BCUT2D eigenvalue weighted by Gasteiger charge is -2.05. The summed E-state index contributed by atoms with van der Waals surface area (Å²) in [7, 11) is 0. The van der Waals surface area contributed by atoms with Crippen LogP contribution in [0.3, 0.4) is 0 Å². The maximum absolute atomic E-state index is 11.3. The van der Waals surface area contributed by atoms with E-state index in [1.807, 2.05) is 11.4 Å². The smallest absolute Gasteiger partial charge is 0.315 e. The molecule has 0 saturated carbocycles. The molecule has 0 atom stereocenters. The number of amides is 2. The molecule has 0 fully saturated rings. The second kappa shape index (κ2) is 7.29. The maximum Gasteiger partial charge on any atom is 0.315 e. The predicted octanol–water partition coefficient (Wildman–Crippen LogP) is 2.17. The fraction of sp³-hybridized carbons (Fsp3) is 0.400. The molecule has 0 aliphatic heterocycles. The molecule has 0 aromatic carbocycles. The summed E-state index contributed by atoms with van der Waals surface area (Å²) < 4.78 is 1.02. The summed E-state index contributed by atoms with van der Waals surface area (Å²) in [5, 5.41) is 15.6. The Balaban J connectivity index is 2.11. The third kappa shape index (κ3) is 6.28. The largest absolute Gasteiger partial charge is 0.481 e. The molecule has 17 heavy (non-hydrogen) atoms. The van der Waals surface area contributed by atoms with E-state index >= 15 is 0 Å². The van der Waals surface area contributed by atoms with Crippen molar-refractivity contribution in [2.75, 3.05) is 6.54 Å². The zero-order chi connectivity index (χ0) is 12.7. The quantitative estimate of drug-likeness (QED) is 0.703. The van der Waals surface area contributed by atoms with E-state index < -0.39 is 5.97 Å². The first-order chi connectivity index (χ1) is 8.08. The van der Waals surface area contributed by atoms with Gasteiger partial charge in [0.2, 0.25) is 0 Å². The van der Waals surface area contributed by atoms with Crippen LogP contribution < -0.4 is 10.6 Å². The monoisotopic (exact) mass is 320 g/mol. The van der Waals surface area contributed by atoms with Crippen molar-refractivity contribution in [3.63, 3.8) is 0 Å². The number of carboxylic acids is 1. The molecule has 0 radical (unpaired) electrons. The summed E-state index contributed by atoms with van der Waals surface area (Å²) in [6, 6.07) is 1.66. The van der Waals surface area contributed by atoms with Gasteiger partial charge < -0.3 is 15.7 Å². The van der Waals surface area contributed by atoms with Gasteiger partial charge in [-0.1, -0.05) is 0 Å². The van der Waals surface area contributed by atoms with Gasteiger partial charge in [0, 0.05) is 19.5 Å². The Bertz CT molecular complexity index is 395. The van der Waals surface area contributed by atoms with E-state index in [1.165, 1.54) is 0 Å². The van der Waals surface area contributed by atoms with Crippen LogP contribution in [0, 0.1) is 0 Å². The number of rotatable bonds is 6. The number of halogens is 1. The first kappa shape index (κ1) is 14.0. The van der Waals surface area contributed by atoms with Crippen molar-refractivity contribution < 1.29 is 14.7 Å². The Morgan fingerprint density at radius 3 is 2.76 bits per heavy atom. The van der Waals surface area contributed by atoms with Gasteiger partial charge in [0.25, 0.3) is 0 Å². The minimum atomic E-state index is -0.852. The van der Waals surface area contributed by atoms with E-state index in [9.17, 15) is 9.59 Å². The summed E-state index contributed by atoms with van der Waals surface area (Å²) >= 11 is 4.90. The van der Waals surface area contributed by atoms with E-state index in [2.05, 4.69) is 26.6 Å². The summed E-state index contributed by atoms with van der Waals surface area (Å²) in [6.07, 6.45) is 0.504. The number of hydrogen-bond donors (Lipinski definition) is 3. The lowest BCUT2D eigenvalue weighted by molar-refractivity contribution is -0.137. The van der Waals surface area contributed by atoms with Crippen LogP contribution in [0.15, 0.2) is 15.2 Å². The number of aliphatic carboxylic acids is 1. The van der Waals surface area contributed by atoms with E-state index in [1.54, 1.807) is 11.3 Å². The maximum atomic E-state index is 11.3. The highest BCUT2D eigenvalue weighted by molar-refractivity contribution is 9.11. The molecule has 2 amide bonds. The minimum Gasteiger partial charge on any atom is -0.481 e. The number of nitrogens with one attached hydrogen (secondary N) is 2. The summed E-state index contributed by atoms with van der Waals surface area (Å²) in [5.41, 5.74) is 1.03. The standard InChI is InChI=1S/C10H13BrN2O3S/c11-8-4-7(6-17-8)5-13-10(16)12-3-1-2-9(14)15/h4,6H,1-3,5H2,(H,14,15)(H2,12,13,16). The molecule has 0 aliphatic carbocycles. The molecule has 0 bridgehead atoms. The molecule has 1 rings (SSSR count). The van der Waals surface area contributed by atoms with Crippen LogP contribution in [-0.4, -0.2) is 23.7 Å². The highest BCUT2D eigenvalue weighted by Gasteiger charge is 2.02. The van der Waals surface area contributed by atoms with Gasteiger partial charge >= 0.3 is 12.0 Å². The molecule has 7 heteroatoms. The predicted molar refractivity (Wildman–Crippen MR) is 69.1 cm³/mol. The normalized spacial score (nSPS) is 9.94. The molecule has 0 unspecified atom stereocenters. The van der Waals surface area contributed by atoms with Crippen molar-refractivity contribution >= 4 is 39.3 Å². The Morgan fingerprint density at radius 1 is 1.41 bits per heavy atom. The van der Waals surface area contributed by atoms with Gasteiger partial charge in [-0.05, 0) is 39.4 Å². The zero-order valence-electron chi connectivity index (χ0n) is 9.03. The van der Waals surface area contributed by atoms with Crippen molar-refractivity contribution in [1.29, 1.82) is 0 Å². The van der Waals surface area contributed by atoms with Crippen LogP contribution in [0.5, 0.6) is 0 Å². The number of carbonyl (C=O) groups is 2. The average Bonchev–Trinajstić information content (AvgIpc) is 2.67. The van der Waals surface area contributed by atoms with E-state index in [-0.39, 0.29) is 12.5 Å². The first-order valence-corrected chi connectivity index (χ1v) is 6.71. The van der Waals surface area contributed by atoms with E-state index in [0.717, 1.165) is 9.35 Å². The van der Waals surface area contributed by atoms with Crippen LogP contribution >= 0.6 is 27.3 Å². The molecule has 0 aliphatic rings. The lowest BCUT2D eigenvalue weighted by Crippen LogP contribution is -2.35. The fourth-order valence-corrected chi connectivity index (χ4v) is 2.33. The van der Waals surface area contributed by atoms with Gasteiger partial charge in [-0.2, -0.15) is 0 Å². The molecular formula is C10H13BrN2O3S. The van der Waals surface area contributed by atoms with Crippen molar-refractivity contribution in [2.45, 2.75) is 19.4 Å². The van der Waals surface area contributed by atoms with Gasteiger partial charge in [-0.3, -0.25) is 4.79 Å². The van der Waals surface area contributed by atoms with Gasteiger partial charge in [-0.15, -0.1) is 11.3 Å². The highest BCUT2D eigenvalue weighted by Crippen LogP contribution is 2.20. The van der Waals surface area contributed by atoms with Gasteiger partial charge in [0.1, 0.15) is 0 Å². The van der Waals surface area contributed by atoms with Gasteiger partial charge in [0.05, 0.1) is 3.79 Å². The van der Waals surface area contributed by atoms with Crippen molar-refractivity contribution in [1.82, 2.24) is 10.6 Å². The van der Waals surface area contributed by atoms with E-state index in [4.69, 9.17) is 5.11 Å². The Morgan fingerprint density at radius 2 is 2.18 bits per heavy atom. The molecule has 5 nitrogen and oxygen atoms in total. The minimum absolute atomic E-state index is 0.0672. The second-order valence-corrected chi connectivity index (χ2v) is 5.66. The zero-order valence-corrected chi connectivity index (χ0v) is 11.4. The molecule has 1 aromatic heterocycles. The number of urea groups is 1. The molecule has 0 saturated heterocycles. The molecule has 0 spiro atoms. The lowest BCUT2D eigenvalue weighted by atomic mass is 10.3. The van der Waals surface area contributed by atoms with Crippen molar-refractivity contribution in [3.05, 3.63) is 20.8 Å². The highest BCUT2D eigenvalue weighted by atomic mass is 79.9. The number of thiophene rings is 1. The van der Waals surface area contributed by atoms with Crippen LogP contribution in [-0.2, 0) is 11.3 Å². The van der Waals surface area contributed by atoms with Crippen LogP contribution in [0.1, 0.15) is 18.4 Å². The van der Waals surface area contributed by atoms with Gasteiger partial charge in [0.15, 0.2) is 0 Å². The Kier molecular flexibility index (Phi) is 5.99. The third-order valence-corrected chi connectivity index (χ3v) is 3.48. The summed E-state index contributed by atoms with van der Waals surface area (Å²) in [6.45, 7) is 0.832. The SMILES string of the molecule is O=C(O)CCCNC(=O)NCc1csc(Br)c1. The van der Waals surface area contributed by atoms with Crippen molar-refractivity contribution in [3.8, 4) is 0 Å². The Hall–Kier alpha value is -1.08. The summed E-state index contributed by atoms with van der Waals surface area (Å²) in [4.78, 5) is 21.5. The topological polar surface area (TPSA) is 78.4 Å². The molecule has 3 N–H and O–H groups in total. The summed E-state index contributed by atoms with van der Waals surface area (Å²) in [5.74, 6) is -0.852. The molecular weight excluding hydrogens is 308 g/mol. The number of hydrogen-bond acceptors (Lipinski definition) is 3. The molecule has 1 heterocycles. The average molecular weight is 321 g/mol. The number of carboxylic acid groups (broad SMARTS) is 1. The van der Waals surface area contributed by atoms with Crippen LogP contribution in [0.25, 0.3) is 0 Å². The van der Waals surface area contributed by atoms with Crippen molar-refractivity contribution in [2.24, 2.45) is 0 Å². The Labute approximate surface area is 111 Å². The van der Waals surface area contributed by atoms with Gasteiger partial charge in [-0.25, -0.2) is 4.79 Å². The first-order valence-electron chi connectivity index (χ1n) is 5.04. The second-order valence-electron chi connectivity index (χ2n) is 3.37. The van der Waals surface area contributed by atoms with E-state index in [0.29, 0.717) is 19.5 Å². The fourth-order valence-electron chi connectivity index (χ4n) is 1.12. The molecule has 1 aromatic rings. The number of carbonyl (C=O) groups excluding carboxylic acids is 1. The third-order valence-electron chi connectivity index (χ3n) is 1.93.